The highest BCUT2D eigenvalue weighted by molar-refractivity contribution is 5.56. The van der Waals surface area contributed by atoms with E-state index in [1.165, 1.54) is 0 Å². The van der Waals surface area contributed by atoms with Crippen LogP contribution in [0.2, 0.25) is 0 Å². The minimum atomic E-state index is 0.350. The normalized spacial score (nSPS) is 11.8. The van der Waals surface area contributed by atoms with Crippen molar-refractivity contribution in [1.82, 2.24) is 14.3 Å². The summed E-state index contributed by atoms with van der Waals surface area (Å²) < 4.78 is 7.90. The molecule has 20 heavy (non-hydrogen) atoms. The first-order chi connectivity index (χ1) is 9.54. The molecule has 0 aliphatic carbocycles. The fourth-order valence-electron chi connectivity index (χ4n) is 2.23. The number of fused-ring (bicyclic) bond motifs is 1. The van der Waals surface area contributed by atoms with Crippen LogP contribution in [-0.2, 0) is 6.54 Å². The van der Waals surface area contributed by atoms with Gasteiger partial charge in [0.1, 0.15) is 6.61 Å². The van der Waals surface area contributed by atoms with Crippen LogP contribution in [0.4, 0.5) is 0 Å². The predicted molar refractivity (Wildman–Crippen MR) is 81.2 cm³/mol. The van der Waals surface area contributed by atoms with Crippen LogP contribution in [-0.4, -0.2) is 41.5 Å². The Morgan fingerprint density at radius 3 is 2.75 bits per heavy atom. The van der Waals surface area contributed by atoms with Gasteiger partial charge in [0.2, 0.25) is 0 Å². The number of pyridine rings is 1. The lowest BCUT2D eigenvalue weighted by Crippen LogP contribution is -2.19. The van der Waals surface area contributed by atoms with Gasteiger partial charge < -0.3 is 15.4 Å². The van der Waals surface area contributed by atoms with Gasteiger partial charge in [0.15, 0.2) is 11.4 Å². The number of ether oxygens (including phenoxy) is 1. The van der Waals surface area contributed by atoms with Gasteiger partial charge in [-0.2, -0.15) is 0 Å². The highest BCUT2D eigenvalue weighted by atomic mass is 16.5. The van der Waals surface area contributed by atoms with E-state index in [9.17, 15) is 0 Å². The van der Waals surface area contributed by atoms with E-state index < -0.39 is 0 Å². The van der Waals surface area contributed by atoms with Gasteiger partial charge in [-0.05, 0) is 32.1 Å². The molecule has 5 nitrogen and oxygen atoms in total. The molecular weight excluding hydrogens is 252 g/mol. The van der Waals surface area contributed by atoms with E-state index in [-0.39, 0.29) is 0 Å². The van der Waals surface area contributed by atoms with Gasteiger partial charge >= 0.3 is 0 Å². The van der Waals surface area contributed by atoms with Crippen molar-refractivity contribution < 1.29 is 4.74 Å². The molecule has 0 saturated carbocycles. The van der Waals surface area contributed by atoms with Crippen molar-refractivity contribution in [1.29, 1.82) is 0 Å². The van der Waals surface area contributed by atoms with E-state index in [2.05, 4.69) is 18.7 Å². The van der Waals surface area contributed by atoms with Crippen LogP contribution in [0, 0.1) is 0 Å². The largest absolute Gasteiger partial charge is 0.488 e. The lowest BCUT2D eigenvalue weighted by Gasteiger charge is -2.11. The molecule has 0 atom stereocenters. The SMILES string of the molecule is CC(C)c1nc2c(OCCN(C)C)cccn2c1CN. The van der Waals surface area contributed by atoms with E-state index >= 15 is 0 Å². The Hall–Kier alpha value is -1.59. The zero-order chi connectivity index (χ0) is 14.7. The molecule has 2 rings (SSSR count). The lowest BCUT2D eigenvalue weighted by atomic mass is 10.1. The van der Waals surface area contributed by atoms with E-state index in [1.54, 1.807) is 0 Å². The molecular formula is C15H24N4O. The molecule has 0 amide bonds. The monoisotopic (exact) mass is 276 g/mol. The van der Waals surface area contributed by atoms with E-state index in [0.717, 1.165) is 29.3 Å². The van der Waals surface area contributed by atoms with Crippen LogP contribution >= 0.6 is 0 Å². The summed E-state index contributed by atoms with van der Waals surface area (Å²) in [6, 6.07) is 3.94. The first kappa shape index (κ1) is 14.8. The number of aromatic nitrogens is 2. The van der Waals surface area contributed by atoms with E-state index in [0.29, 0.717) is 19.1 Å². The third kappa shape index (κ3) is 2.94. The Morgan fingerprint density at radius 1 is 1.40 bits per heavy atom. The molecule has 2 aromatic rings. The summed E-state index contributed by atoms with van der Waals surface area (Å²) >= 11 is 0. The second-order valence-corrected chi connectivity index (χ2v) is 5.52. The van der Waals surface area contributed by atoms with Crippen molar-refractivity contribution in [3.8, 4) is 5.75 Å². The summed E-state index contributed by atoms with van der Waals surface area (Å²) in [5, 5.41) is 0. The minimum absolute atomic E-state index is 0.350. The van der Waals surface area contributed by atoms with Crippen molar-refractivity contribution in [2.45, 2.75) is 26.3 Å². The zero-order valence-corrected chi connectivity index (χ0v) is 12.8. The van der Waals surface area contributed by atoms with Crippen LogP contribution < -0.4 is 10.5 Å². The Morgan fingerprint density at radius 2 is 2.15 bits per heavy atom. The third-order valence-corrected chi connectivity index (χ3v) is 3.28. The van der Waals surface area contributed by atoms with E-state index in [1.807, 2.05) is 36.8 Å². The molecule has 0 fully saturated rings. The second kappa shape index (κ2) is 6.24. The Balaban J connectivity index is 2.36. The molecule has 5 heteroatoms. The van der Waals surface area contributed by atoms with Gasteiger partial charge in [0, 0.05) is 19.3 Å². The van der Waals surface area contributed by atoms with Crippen molar-refractivity contribution in [3.63, 3.8) is 0 Å². The number of nitrogens with zero attached hydrogens (tertiary/aromatic N) is 3. The molecule has 0 aliphatic heterocycles. The second-order valence-electron chi connectivity index (χ2n) is 5.52. The summed E-state index contributed by atoms with van der Waals surface area (Å²) in [5.41, 5.74) is 8.85. The number of rotatable bonds is 6. The van der Waals surface area contributed by atoms with Crippen molar-refractivity contribution in [2.24, 2.45) is 5.73 Å². The molecule has 110 valence electrons. The van der Waals surface area contributed by atoms with Crippen LogP contribution in [0.25, 0.3) is 5.65 Å². The lowest BCUT2D eigenvalue weighted by molar-refractivity contribution is 0.262. The Kier molecular flexibility index (Phi) is 4.62. The average molecular weight is 276 g/mol. The summed E-state index contributed by atoms with van der Waals surface area (Å²) in [6.45, 7) is 6.27. The topological polar surface area (TPSA) is 55.8 Å². The number of likely N-dealkylation sites (N-methyl/N-ethyl adjacent to an activating group) is 1. The molecule has 0 bridgehead atoms. The van der Waals surface area contributed by atoms with E-state index in [4.69, 9.17) is 15.5 Å². The molecule has 0 aromatic carbocycles. The van der Waals surface area contributed by atoms with Crippen molar-refractivity contribution in [2.75, 3.05) is 27.2 Å². The van der Waals surface area contributed by atoms with Crippen LogP contribution in [0.1, 0.15) is 31.2 Å². The van der Waals surface area contributed by atoms with Crippen molar-refractivity contribution >= 4 is 5.65 Å². The Bertz CT molecular complexity index is 575. The van der Waals surface area contributed by atoms with Gasteiger partial charge in [-0.15, -0.1) is 0 Å². The highest BCUT2D eigenvalue weighted by Crippen LogP contribution is 2.26. The molecule has 2 N–H and O–H groups in total. The predicted octanol–water partition coefficient (Wildman–Crippen LogP) is 1.86. The van der Waals surface area contributed by atoms with Crippen molar-refractivity contribution in [3.05, 3.63) is 29.7 Å². The van der Waals surface area contributed by atoms with Gasteiger partial charge in [-0.3, -0.25) is 4.40 Å². The maximum Gasteiger partial charge on any atom is 0.180 e. The number of imidazole rings is 1. The summed E-state index contributed by atoms with van der Waals surface area (Å²) in [5.74, 6) is 1.17. The fraction of sp³-hybridized carbons (Fsp3) is 0.533. The van der Waals surface area contributed by atoms with Gasteiger partial charge in [-0.25, -0.2) is 4.98 Å². The summed E-state index contributed by atoms with van der Waals surface area (Å²) in [4.78, 5) is 6.82. The molecule has 0 unspecified atom stereocenters. The van der Waals surface area contributed by atoms with Gasteiger partial charge in [0.05, 0.1) is 11.4 Å². The summed E-state index contributed by atoms with van der Waals surface area (Å²) in [7, 11) is 4.06. The van der Waals surface area contributed by atoms with Gasteiger partial charge in [-0.1, -0.05) is 13.8 Å². The first-order valence-electron chi connectivity index (χ1n) is 7.02. The maximum atomic E-state index is 5.88. The minimum Gasteiger partial charge on any atom is -0.488 e. The molecule has 2 aromatic heterocycles. The molecule has 0 radical (unpaired) electrons. The first-order valence-corrected chi connectivity index (χ1v) is 7.02. The van der Waals surface area contributed by atoms with Crippen LogP contribution in [0.5, 0.6) is 5.75 Å². The van der Waals surface area contributed by atoms with Crippen LogP contribution in [0.15, 0.2) is 18.3 Å². The molecule has 0 saturated heterocycles. The molecule has 0 spiro atoms. The smallest absolute Gasteiger partial charge is 0.180 e. The fourth-order valence-corrected chi connectivity index (χ4v) is 2.23. The maximum absolute atomic E-state index is 5.88. The van der Waals surface area contributed by atoms with Crippen LogP contribution in [0.3, 0.4) is 0 Å². The standard InChI is InChI=1S/C15H24N4O/c1-11(2)14-12(10-16)19-7-5-6-13(15(19)17-14)20-9-8-18(3)4/h5-7,11H,8-10,16H2,1-4H3. The number of nitrogens with two attached hydrogens (primary N) is 1. The highest BCUT2D eigenvalue weighted by Gasteiger charge is 2.16. The summed E-state index contributed by atoms with van der Waals surface area (Å²) in [6.07, 6.45) is 2.00. The average Bonchev–Trinajstić information content (AvgIpc) is 2.77. The zero-order valence-electron chi connectivity index (χ0n) is 12.8. The third-order valence-electron chi connectivity index (χ3n) is 3.28. The number of hydrogen-bond donors (Lipinski definition) is 1. The molecule has 0 aliphatic rings. The quantitative estimate of drug-likeness (QED) is 0.875. The molecule has 2 heterocycles. The Labute approximate surface area is 120 Å². The van der Waals surface area contributed by atoms with Gasteiger partial charge in [0.25, 0.3) is 0 Å². The number of hydrogen-bond acceptors (Lipinski definition) is 4.